The number of benzene rings is 2. The van der Waals surface area contributed by atoms with E-state index in [1.165, 1.54) is 6.07 Å². The van der Waals surface area contributed by atoms with Crippen LogP contribution < -0.4 is 18.9 Å². The number of aliphatic hydroxyl groups is 1. The van der Waals surface area contributed by atoms with Gasteiger partial charge in [-0.15, -0.1) is 0 Å². The smallest absolute Gasteiger partial charge is 0.870 e. The molecular weight excluding hydrogens is 537 g/mol. The van der Waals surface area contributed by atoms with Crippen molar-refractivity contribution >= 4 is 80.1 Å². The van der Waals surface area contributed by atoms with Gasteiger partial charge in [-0.05, 0) is 50.2 Å². The summed E-state index contributed by atoms with van der Waals surface area (Å²) >= 11 is 23.5. The molecule has 2 heterocycles. The number of aliphatic hydroxyl groups excluding tert-OH is 1. The fourth-order valence-electron chi connectivity index (χ4n) is 2.75. The summed E-state index contributed by atoms with van der Waals surface area (Å²) in [6.45, 7) is 4.02. The predicted molar refractivity (Wildman–Crippen MR) is 134 cm³/mol. The van der Waals surface area contributed by atoms with Gasteiger partial charge in [0.2, 0.25) is 0 Å². The number of rotatable bonds is 3. The van der Waals surface area contributed by atoms with Crippen LogP contribution in [0.2, 0.25) is 20.1 Å². The summed E-state index contributed by atoms with van der Waals surface area (Å²) in [6.07, 6.45) is 0. The molecule has 35 heavy (non-hydrogen) atoms. The quantitative estimate of drug-likeness (QED) is 0.223. The Labute approximate surface area is 232 Å². The summed E-state index contributed by atoms with van der Waals surface area (Å²) in [5.74, 6) is -1.42. The van der Waals surface area contributed by atoms with E-state index in [9.17, 15) is 9.59 Å². The van der Waals surface area contributed by atoms with Crippen LogP contribution in [0.4, 0.5) is 0 Å². The summed E-state index contributed by atoms with van der Waals surface area (Å²) in [5, 5.41) is 19.7. The SMILES string of the molecule is CCO.CCOC(=O)c1cc2c(Cl)cc(Cl)cc2[nH]1.O=C(O)c1cc2c(Cl)cc(Cl)cc2[nH]1.[Li+].[OH-]. The molecule has 4 rings (SSSR count). The number of carboxylic acid groups (broad SMARTS) is 1. The van der Waals surface area contributed by atoms with Crippen LogP contribution >= 0.6 is 46.4 Å². The van der Waals surface area contributed by atoms with Gasteiger partial charge in [-0.3, -0.25) is 0 Å². The molecule has 0 unspecified atom stereocenters. The second-order valence-corrected chi connectivity index (χ2v) is 8.09. The fourth-order valence-corrected chi connectivity index (χ4v) is 3.85. The van der Waals surface area contributed by atoms with Gasteiger partial charge in [0, 0.05) is 38.5 Å². The average Bonchev–Trinajstić information content (AvgIpc) is 3.34. The van der Waals surface area contributed by atoms with Crippen LogP contribution in [-0.2, 0) is 4.74 Å². The van der Waals surface area contributed by atoms with E-state index in [2.05, 4.69) is 9.97 Å². The predicted octanol–water partition coefficient (Wildman–Crippen LogP) is 3.65. The Morgan fingerprint density at radius 2 is 1.23 bits per heavy atom. The molecule has 13 heteroatoms. The van der Waals surface area contributed by atoms with Gasteiger partial charge in [0.05, 0.1) is 16.7 Å². The molecule has 0 spiro atoms. The molecule has 4 aromatic rings. The molecule has 0 atom stereocenters. The Bertz CT molecular complexity index is 1290. The zero-order valence-electron chi connectivity index (χ0n) is 19.0. The molecule has 0 fully saturated rings. The zero-order valence-corrected chi connectivity index (χ0v) is 22.0. The number of H-pyrrole nitrogens is 2. The Kier molecular flexibility index (Phi) is 14.5. The van der Waals surface area contributed by atoms with E-state index >= 15 is 0 Å². The number of hydrogen-bond acceptors (Lipinski definition) is 5. The summed E-state index contributed by atoms with van der Waals surface area (Å²) in [6, 6.07) is 9.70. The summed E-state index contributed by atoms with van der Waals surface area (Å²) < 4.78 is 4.88. The van der Waals surface area contributed by atoms with Crippen LogP contribution in [0.5, 0.6) is 0 Å². The first-order chi connectivity index (χ1) is 15.6. The van der Waals surface area contributed by atoms with Crippen molar-refractivity contribution < 1.29 is 48.9 Å². The number of halogens is 4. The van der Waals surface area contributed by atoms with E-state index in [0.717, 1.165) is 10.9 Å². The molecule has 8 nitrogen and oxygen atoms in total. The molecule has 0 aliphatic heterocycles. The normalized spacial score (nSPS) is 9.69. The largest absolute Gasteiger partial charge is 1.00 e. The van der Waals surface area contributed by atoms with E-state index in [1.54, 1.807) is 44.2 Å². The average molecular weight is 558 g/mol. The molecule has 0 saturated carbocycles. The molecule has 2 aromatic carbocycles. The Morgan fingerprint density at radius 1 is 0.829 bits per heavy atom. The molecule has 5 N–H and O–H groups in total. The summed E-state index contributed by atoms with van der Waals surface area (Å²) in [7, 11) is 0. The molecule has 0 bridgehead atoms. The standard InChI is InChI=1S/C11H9Cl2NO2.C9H5Cl2NO2.C2H6O.Li.H2O/c1-2-16-11(15)10-5-7-8(13)3-6(12)4-9(7)14-10;10-4-1-6(11)5-3-8(9(13)14)12-7(5)2-4;1-2-3;;/h3-5,14H,2H2,1H3;1-3,12H,(H,13,14);3H,2H2,1H3;;1H2/q;;;+1;/p-1. The number of carbonyl (C=O) groups excluding carboxylic acids is 1. The number of ether oxygens (including phenoxy) is 1. The third-order valence-corrected chi connectivity index (χ3v) is 5.09. The third kappa shape index (κ3) is 8.94. The topological polar surface area (TPSA) is 145 Å². The third-order valence-electron chi connectivity index (χ3n) is 4.03. The van der Waals surface area contributed by atoms with Gasteiger partial charge in [-0.25, -0.2) is 9.59 Å². The van der Waals surface area contributed by atoms with Gasteiger partial charge in [0.25, 0.3) is 0 Å². The van der Waals surface area contributed by atoms with Crippen molar-refractivity contribution in [3.05, 3.63) is 67.9 Å². The maximum atomic E-state index is 11.5. The summed E-state index contributed by atoms with van der Waals surface area (Å²) in [5.41, 5.74) is 1.82. The Morgan fingerprint density at radius 3 is 1.63 bits per heavy atom. The maximum absolute atomic E-state index is 11.5. The number of aromatic nitrogens is 2. The van der Waals surface area contributed by atoms with Crippen LogP contribution in [0, 0.1) is 0 Å². The van der Waals surface area contributed by atoms with Gasteiger partial charge in [0.15, 0.2) is 0 Å². The van der Waals surface area contributed by atoms with Crippen molar-refractivity contribution in [2.24, 2.45) is 0 Å². The number of aromatic amines is 2. The van der Waals surface area contributed by atoms with Crippen molar-refractivity contribution in [1.82, 2.24) is 9.97 Å². The number of aromatic carboxylic acids is 1. The van der Waals surface area contributed by atoms with E-state index in [0.29, 0.717) is 43.3 Å². The first kappa shape index (κ1) is 33.1. The van der Waals surface area contributed by atoms with E-state index in [1.807, 2.05) is 0 Å². The van der Waals surface area contributed by atoms with Crippen LogP contribution in [0.15, 0.2) is 36.4 Å². The minimum Gasteiger partial charge on any atom is -0.870 e. The van der Waals surface area contributed by atoms with E-state index in [-0.39, 0.29) is 36.6 Å². The van der Waals surface area contributed by atoms with Crippen molar-refractivity contribution in [1.29, 1.82) is 0 Å². The monoisotopic (exact) mass is 556 g/mol. The first-order valence-electron chi connectivity index (χ1n) is 9.58. The van der Waals surface area contributed by atoms with Crippen molar-refractivity contribution in [3.8, 4) is 0 Å². The van der Waals surface area contributed by atoms with Gasteiger partial charge in [-0.2, -0.15) is 0 Å². The fraction of sp³-hybridized carbons (Fsp3) is 0.182. The molecule has 184 valence electrons. The van der Waals surface area contributed by atoms with Gasteiger partial charge < -0.3 is 30.4 Å². The van der Waals surface area contributed by atoms with Gasteiger partial charge >= 0.3 is 30.8 Å². The number of nitrogens with one attached hydrogen (secondary N) is 2. The van der Waals surface area contributed by atoms with Crippen molar-refractivity contribution in [2.75, 3.05) is 13.2 Å². The molecule has 0 aliphatic carbocycles. The van der Waals surface area contributed by atoms with Gasteiger partial charge in [0.1, 0.15) is 11.4 Å². The van der Waals surface area contributed by atoms with Crippen LogP contribution in [0.3, 0.4) is 0 Å². The number of esters is 1. The minimum absolute atomic E-state index is 0. The first-order valence-corrected chi connectivity index (χ1v) is 11.1. The van der Waals surface area contributed by atoms with Crippen molar-refractivity contribution in [2.45, 2.75) is 13.8 Å². The molecule has 0 radical (unpaired) electrons. The molecule has 0 saturated heterocycles. The number of fused-ring (bicyclic) bond motifs is 2. The number of carboxylic acids is 1. The zero-order chi connectivity index (χ0) is 24.7. The Balaban J connectivity index is 0.000000568. The van der Waals surface area contributed by atoms with Crippen LogP contribution in [-0.4, -0.2) is 50.8 Å². The molecule has 0 aliphatic rings. The van der Waals surface area contributed by atoms with Crippen molar-refractivity contribution in [3.63, 3.8) is 0 Å². The second kappa shape index (κ2) is 15.3. The molecule has 2 aromatic heterocycles. The molecular formula is C22H21Cl4LiN2O6. The van der Waals surface area contributed by atoms with Crippen LogP contribution in [0.1, 0.15) is 34.8 Å². The number of hydrogen-bond donors (Lipinski definition) is 4. The summed E-state index contributed by atoms with van der Waals surface area (Å²) in [4.78, 5) is 27.8. The van der Waals surface area contributed by atoms with E-state index in [4.69, 9.17) is 61.4 Å². The maximum Gasteiger partial charge on any atom is 1.00 e. The Hall–Kier alpha value is -1.86. The van der Waals surface area contributed by atoms with E-state index < -0.39 is 11.9 Å². The van der Waals surface area contributed by atoms with Gasteiger partial charge in [-0.1, -0.05) is 46.4 Å². The molecule has 0 amide bonds. The minimum atomic E-state index is -1.02. The second-order valence-electron chi connectivity index (χ2n) is 6.41. The van der Waals surface area contributed by atoms with Crippen LogP contribution in [0.25, 0.3) is 21.8 Å². The number of carbonyl (C=O) groups is 2.